The molecule has 5 heteroatoms. The number of benzene rings is 1. The molecule has 18 heavy (non-hydrogen) atoms. The number of rotatable bonds is 3. The van der Waals surface area contributed by atoms with E-state index in [1.54, 1.807) is 12.1 Å². The molecule has 1 heterocycles. The van der Waals surface area contributed by atoms with E-state index in [0.717, 1.165) is 11.4 Å². The molecule has 0 saturated heterocycles. The second-order valence-corrected chi connectivity index (χ2v) is 4.41. The highest BCUT2D eigenvalue weighted by Crippen LogP contribution is 2.21. The van der Waals surface area contributed by atoms with E-state index in [1.807, 2.05) is 13.0 Å². The number of halogens is 2. The van der Waals surface area contributed by atoms with E-state index >= 15 is 0 Å². The van der Waals surface area contributed by atoms with Crippen LogP contribution in [0.3, 0.4) is 0 Å². The first kappa shape index (κ1) is 12.9. The van der Waals surface area contributed by atoms with Crippen molar-refractivity contribution >= 4 is 11.6 Å². The molecule has 0 aliphatic carbocycles. The van der Waals surface area contributed by atoms with Crippen LogP contribution in [0.5, 0.6) is 0 Å². The Hall–Kier alpha value is -1.52. The molecule has 0 aliphatic heterocycles. The van der Waals surface area contributed by atoms with E-state index < -0.39 is 0 Å². The van der Waals surface area contributed by atoms with Gasteiger partial charge in [-0.15, -0.1) is 0 Å². The zero-order valence-electron chi connectivity index (χ0n) is 9.95. The average molecular weight is 266 g/mol. The first-order valence-electron chi connectivity index (χ1n) is 5.56. The van der Waals surface area contributed by atoms with Gasteiger partial charge in [0.25, 0.3) is 0 Å². The van der Waals surface area contributed by atoms with Gasteiger partial charge in [-0.25, -0.2) is 14.4 Å². The summed E-state index contributed by atoms with van der Waals surface area (Å²) in [4.78, 5) is 8.54. The minimum absolute atomic E-state index is 0.264. The third-order valence-corrected chi connectivity index (χ3v) is 2.91. The lowest BCUT2D eigenvalue weighted by Gasteiger charge is -2.07. The SMILES string of the molecule is Cc1cc(CN)nc(Cc2c(F)cccc2Cl)n1. The number of aromatic nitrogens is 2. The Balaban J connectivity index is 2.37. The van der Waals surface area contributed by atoms with Crippen molar-refractivity contribution < 1.29 is 4.39 Å². The first-order chi connectivity index (χ1) is 8.60. The maximum atomic E-state index is 13.7. The van der Waals surface area contributed by atoms with Crippen molar-refractivity contribution in [1.29, 1.82) is 0 Å². The summed E-state index contributed by atoms with van der Waals surface area (Å²) in [5, 5.41) is 0.384. The van der Waals surface area contributed by atoms with Gasteiger partial charge in [0.1, 0.15) is 11.6 Å². The van der Waals surface area contributed by atoms with Gasteiger partial charge in [-0.05, 0) is 25.1 Å². The summed E-state index contributed by atoms with van der Waals surface area (Å²) in [6.45, 7) is 2.19. The molecule has 0 saturated carbocycles. The van der Waals surface area contributed by atoms with Crippen molar-refractivity contribution in [3.05, 3.63) is 57.9 Å². The van der Waals surface area contributed by atoms with Crippen LogP contribution < -0.4 is 5.73 Å². The molecule has 3 nitrogen and oxygen atoms in total. The highest BCUT2D eigenvalue weighted by Gasteiger charge is 2.10. The second kappa shape index (κ2) is 5.42. The lowest BCUT2D eigenvalue weighted by atomic mass is 10.1. The zero-order valence-corrected chi connectivity index (χ0v) is 10.7. The van der Waals surface area contributed by atoms with Crippen molar-refractivity contribution in [2.45, 2.75) is 19.9 Å². The molecule has 2 aromatic rings. The molecule has 2 N–H and O–H groups in total. The Bertz CT molecular complexity index is 552. The van der Waals surface area contributed by atoms with Gasteiger partial charge < -0.3 is 5.73 Å². The summed E-state index contributed by atoms with van der Waals surface area (Å²) in [5.74, 6) is 0.185. The highest BCUT2D eigenvalue weighted by molar-refractivity contribution is 6.31. The molecule has 1 aromatic carbocycles. The van der Waals surface area contributed by atoms with E-state index in [1.165, 1.54) is 6.07 Å². The zero-order chi connectivity index (χ0) is 13.1. The molecule has 0 radical (unpaired) electrons. The molecule has 0 fully saturated rings. The lowest BCUT2D eigenvalue weighted by Crippen LogP contribution is -2.07. The summed E-state index contributed by atoms with van der Waals surface area (Å²) in [6.07, 6.45) is 0.264. The molecule has 94 valence electrons. The van der Waals surface area contributed by atoms with Crippen LogP contribution in [-0.4, -0.2) is 9.97 Å². The lowest BCUT2D eigenvalue weighted by molar-refractivity contribution is 0.612. The molecule has 0 bridgehead atoms. The van der Waals surface area contributed by atoms with Gasteiger partial charge in [0.2, 0.25) is 0 Å². The predicted molar refractivity (Wildman–Crippen MR) is 68.9 cm³/mol. The summed E-state index contributed by atoms with van der Waals surface area (Å²) < 4.78 is 13.7. The summed E-state index contributed by atoms with van der Waals surface area (Å²) in [5.41, 5.74) is 7.51. The number of aryl methyl sites for hydroxylation is 1. The standard InChI is InChI=1S/C13H13ClFN3/c1-8-5-9(7-16)18-13(17-8)6-10-11(14)3-2-4-12(10)15/h2-5H,6-7,16H2,1H3. The molecule has 0 aliphatic rings. The Labute approximate surface area is 110 Å². The molecule has 0 unspecified atom stereocenters. The third-order valence-electron chi connectivity index (χ3n) is 2.56. The first-order valence-corrected chi connectivity index (χ1v) is 5.94. The predicted octanol–water partition coefficient (Wildman–Crippen LogP) is 2.63. The molecular formula is C13H13ClFN3. The van der Waals surface area contributed by atoms with Crippen LogP contribution in [0.4, 0.5) is 4.39 Å². The van der Waals surface area contributed by atoms with Gasteiger partial charge in [0.05, 0.1) is 5.69 Å². The van der Waals surface area contributed by atoms with Crippen LogP contribution in [0.25, 0.3) is 0 Å². The van der Waals surface area contributed by atoms with Gasteiger partial charge in [0.15, 0.2) is 0 Å². The van der Waals surface area contributed by atoms with Crippen molar-refractivity contribution in [2.75, 3.05) is 0 Å². The molecule has 0 spiro atoms. The van der Waals surface area contributed by atoms with E-state index in [9.17, 15) is 4.39 Å². The van der Waals surface area contributed by atoms with E-state index in [4.69, 9.17) is 17.3 Å². The molecular weight excluding hydrogens is 253 g/mol. The van der Waals surface area contributed by atoms with E-state index in [-0.39, 0.29) is 12.2 Å². The van der Waals surface area contributed by atoms with Crippen LogP contribution >= 0.6 is 11.6 Å². The minimum atomic E-state index is -0.345. The fourth-order valence-electron chi connectivity index (χ4n) is 1.74. The van der Waals surface area contributed by atoms with Gasteiger partial charge >= 0.3 is 0 Å². The number of nitrogens with two attached hydrogens (primary N) is 1. The van der Waals surface area contributed by atoms with Crippen molar-refractivity contribution in [1.82, 2.24) is 9.97 Å². The largest absolute Gasteiger partial charge is 0.325 e. The third kappa shape index (κ3) is 2.83. The maximum absolute atomic E-state index is 13.7. The monoisotopic (exact) mass is 265 g/mol. The smallest absolute Gasteiger partial charge is 0.133 e. The van der Waals surface area contributed by atoms with Crippen molar-refractivity contribution in [3.63, 3.8) is 0 Å². The molecule has 0 atom stereocenters. The highest BCUT2D eigenvalue weighted by atomic mass is 35.5. The number of hydrogen-bond acceptors (Lipinski definition) is 3. The van der Waals surface area contributed by atoms with E-state index in [0.29, 0.717) is 23.0 Å². The van der Waals surface area contributed by atoms with E-state index in [2.05, 4.69) is 9.97 Å². The fraction of sp³-hybridized carbons (Fsp3) is 0.231. The van der Waals surface area contributed by atoms with Crippen LogP contribution in [0.1, 0.15) is 22.8 Å². The fourth-order valence-corrected chi connectivity index (χ4v) is 1.97. The van der Waals surface area contributed by atoms with Gasteiger partial charge in [0, 0.05) is 29.2 Å². The quantitative estimate of drug-likeness (QED) is 0.928. The Morgan fingerprint density at radius 2 is 2.11 bits per heavy atom. The Morgan fingerprint density at radius 1 is 1.33 bits per heavy atom. The normalized spacial score (nSPS) is 10.7. The topological polar surface area (TPSA) is 51.8 Å². The van der Waals surface area contributed by atoms with Crippen molar-refractivity contribution in [2.24, 2.45) is 5.73 Å². The number of nitrogens with zero attached hydrogens (tertiary/aromatic N) is 2. The van der Waals surface area contributed by atoms with Crippen LogP contribution in [-0.2, 0) is 13.0 Å². The van der Waals surface area contributed by atoms with Gasteiger partial charge in [-0.1, -0.05) is 17.7 Å². The van der Waals surface area contributed by atoms with Crippen LogP contribution in [0, 0.1) is 12.7 Å². The van der Waals surface area contributed by atoms with Crippen LogP contribution in [0.2, 0.25) is 5.02 Å². The number of hydrogen-bond donors (Lipinski definition) is 1. The summed E-state index contributed by atoms with van der Waals surface area (Å²) in [7, 11) is 0. The van der Waals surface area contributed by atoms with Gasteiger partial charge in [-0.2, -0.15) is 0 Å². The molecule has 0 amide bonds. The average Bonchev–Trinajstić information content (AvgIpc) is 2.33. The Morgan fingerprint density at radius 3 is 2.78 bits per heavy atom. The second-order valence-electron chi connectivity index (χ2n) is 4.00. The van der Waals surface area contributed by atoms with Crippen LogP contribution in [0.15, 0.2) is 24.3 Å². The van der Waals surface area contributed by atoms with Gasteiger partial charge in [-0.3, -0.25) is 0 Å². The molecule has 2 rings (SSSR count). The maximum Gasteiger partial charge on any atom is 0.133 e. The summed E-state index contributed by atoms with van der Waals surface area (Å²) >= 11 is 5.97. The van der Waals surface area contributed by atoms with Crippen molar-refractivity contribution in [3.8, 4) is 0 Å². The Kier molecular flexibility index (Phi) is 3.89. The minimum Gasteiger partial charge on any atom is -0.325 e. The molecule has 1 aromatic heterocycles. The summed E-state index contributed by atoms with van der Waals surface area (Å²) in [6, 6.07) is 6.41.